The third-order valence-electron chi connectivity index (χ3n) is 5.14. The lowest BCUT2D eigenvalue weighted by Gasteiger charge is -2.34. The maximum atomic E-state index is 11.9. The van der Waals surface area contributed by atoms with Gasteiger partial charge in [0.15, 0.2) is 5.96 Å². The number of ether oxygens (including phenoxy) is 1. The molecule has 1 aromatic rings. The van der Waals surface area contributed by atoms with Crippen molar-refractivity contribution < 1.29 is 9.53 Å². The molecule has 1 aromatic carbocycles. The Morgan fingerprint density at radius 2 is 1.92 bits per heavy atom. The first-order valence-corrected chi connectivity index (χ1v) is 9.74. The third kappa shape index (κ3) is 5.48. The summed E-state index contributed by atoms with van der Waals surface area (Å²) in [5, 5.41) is 3.55. The van der Waals surface area contributed by atoms with E-state index in [9.17, 15) is 4.79 Å². The van der Waals surface area contributed by atoms with Crippen molar-refractivity contribution in [2.24, 2.45) is 16.8 Å². The minimum atomic E-state index is -0.0564. The zero-order chi connectivity index (χ0) is 18.9. The Labute approximate surface area is 157 Å². The fraction of sp³-hybridized carbons (Fsp3) is 0.619. The van der Waals surface area contributed by atoms with Crippen molar-refractivity contribution in [2.45, 2.75) is 39.5 Å². The molecule has 0 radical (unpaired) electrons. The van der Waals surface area contributed by atoms with Crippen molar-refractivity contribution in [1.29, 1.82) is 0 Å². The largest absolute Gasteiger partial charge is 0.466 e. The van der Waals surface area contributed by atoms with Gasteiger partial charge in [-0.2, -0.15) is 0 Å². The number of benzene rings is 1. The van der Waals surface area contributed by atoms with E-state index in [4.69, 9.17) is 4.74 Å². The van der Waals surface area contributed by atoms with Gasteiger partial charge in [0.1, 0.15) is 0 Å². The lowest BCUT2D eigenvalue weighted by molar-refractivity contribution is -0.149. The number of nitrogens with one attached hydrogen (secondary N) is 1. The van der Waals surface area contributed by atoms with Crippen LogP contribution in [0.5, 0.6) is 0 Å². The number of likely N-dealkylation sites (tertiary alicyclic amines) is 1. The van der Waals surface area contributed by atoms with Gasteiger partial charge in [-0.05, 0) is 31.2 Å². The Morgan fingerprint density at radius 3 is 2.46 bits per heavy atom. The van der Waals surface area contributed by atoms with Crippen LogP contribution in [0.15, 0.2) is 35.3 Å². The fourth-order valence-electron chi connectivity index (χ4n) is 3.56. The van der Waals surface area contributed by atoms with Gasteiger partial charge in [-0.25, -0.2) is 0 Å². The first kappa shape index (κ1) is 20.3. The zero-order valence-corrected chi connectivity index (χ0v) is 16.6. The van der Waals surface area contributed by atoms with Gasteiger partial charge in [0.05, 0.1) is 12.5 Å². The molecule has 1 N–H and O–H groups in total. The van der Waals surface area contributed by atoms with Crippen LogP contribution >= 0.6 is 0 Å². The van der Waals surface area contributed by atoms with E-state index in [2.05, 4.69) is 59.4 Å². The molecular formula is C21H33N3O2. The van der Waals surface area contributed by atoms with Crippen LogP contribution in [-0.2, 0) is 9.53 Å². The van der Waals surface area contributed by atoms with Gasteiger partial charge in [-0.3, -0.25) is 9.79 Å². The molecule has 0 aromatic heterocycles. The average Bonchev–Trinajstić information content (AvgIpc) is 2.66. The molecule has 1 aliphatic rings. The minimum absolute atomic E-state index is 0.0250. The zero-order valence-electron chi connectivity index (χ0n) is 16.6. The topological polar surface area (TPSA) is 53.9 Å². The van der Waals surface area contributed by atoms with Crippen LogP contribution in [0.3, 0.4) is 0 Å². The molecule has 5 heteroatoms. The van der Waals surface area contributed by atoms with E-state index >= 15 is 0 Å². The number of piperidine rings is 1. The van der Waals surface area contributed by atoms with Crippen molar-refractivity contribution in [3.05, 3.63) is 35.9 Å². The SMILES string of the molecule is CCOC(=O)C1CCN(C(=NC)NCC(c2ccccc2)C(C)C)CC1. The smallest absolute Gasteiger partial charge is 0.309 e. The van der Waals surface area contributed by atoms with Gasteiger partial charge in [0, 0.05) is 32.6 Å². The molecule has 1 saturated heterocycles. The second-order valence-electron chi connectivity index (χ2n) is 7.20. The average molecular weight is 360 g/mol. The number of hydrogen-bond acceptors (Lipinski definition) is 3. The van der Waals surface area contributed by atoms with Crippen LogP contribution in [0.25, 0.3) is 0 Å². The standard InChI is InChI=1S/C21H33N3O2/c1-5-26-20(25)18-11-13-24(14-12-18)21(22-4)23-15-19(16(2)3)17-9-7-6-8-10-17/h6-10,16,18-19H,5,11-15H2,1-4H3,(H,22,23). The van der Waals surface area contributed by atoms with Gasteiger partial charge in [-0.1, -0.05) is 44.2 Å². The summed E-state index contributed by atoms with van der Waals surface area (Å²) >= 11 is 0. The summed E-state index contributed by atoms with van der Waals surface area (Å²) in [6, 6.07) is 10.6. The monoisotopic (exact) mass is 359 g/mol. The molecular weight excluding hydrogens is 326 g/mol. The van der Waals surface area contributed by atoms with E-state index in [1.165, 1.54) is 5.56 Å². The third-order valence-corrected chi connectivity index (χ3v) is 5.14. The lowest BCUT2D eigenvalue weighted by Crippen LogP contribution is -2.47. The molecule has 5 nitrogen and oxygen atoms in total. The van der Waals surface area contributed by atoms with Gasteiger partial charge >= 0.3 is 5.97 Å². The molecule has 0 bridgehead atoms. The van der Waals surface area contributed by atoms with Crippen LogP contribution in [0.1, 0.15) is 45.1 Å². The molecule has 144 valence electrons. The summed E-state index contributed by atoms with van der Waals surface area (Å²) in [5.41, 5.74) is 1.35. The Balaban J connectivity index is 1.90. The highest BCUT2D eigenvalue weighted by atomic mass is 16.5. The van der Waals surface area contributed by atoms with Crippen LogP contribution < -0.4 is 5.32 Å². The van der Waals surface area contributed by atoms with E-state index in [-0.39, 0.29) is 11.9 Å². The summed E-state index contributed by atoms with van der Waals surface area (Å²) in [4.78, 5) is 18.6. The van der Waals surface area contributed by atoms with Gasteiger partial charge < -0.3 is 15.0 Å². The van der Waals surface area contributed by atoms with Crippen molar-refractivity contribution in [3.63, 3.8) is 0 Å². The number of hydrogen-bond donors (Lipinski definition) is 1. The Bertz CT molecular complexity index is 578. The normalized spacial score (nSPS) is 17.3. The van der Waals surface area contributed by atoms with E-state index in [1.807, 2.05) is 14.0 Å². The molecule has 1 aliphatic heterocycles. The molecule has 1 unspecified atom stereocenters. The molecule has 1 heterocycles. The van der Waals surface area contributed by atoms with Crippen molar-refractivity contribution in [1.82, 2.24) is 10.2 Å². The van der Waals surface area contributed by atoms with E-state index < -0.39 is 0 Å². The van der Waals surface area contributed by atoms with E-state index in [1.54, 1.807) is 0 Å². The maximum Gasteiger partial charge on any atom is 0.309 e. The molecule has 1 atom stereocenters. The summed E-state index contributed by atoms with van der Waals surface area (Å²) in [5.74, 6) is 1.87. The number of carbonyl (C=O) groups excluding carboxylic acids is 1. The minimum Gasteiger partial charge on any atom is -0.466 e. The maximum absolute atomic E-state index is 11.9. The Kier molecular flexibility index (Phi) is 7.95. The second kappa shape index (κ2) is 10.2. The quantitative estimate of drug-likeness (QED) is 0.481. The second-order valence-corrected chi connectivity index (χ2v) is 7.20. The number of guanidine groups is 1. The predicted molar refractivity (Wildman–Crippen MR) is 106 cm³/mol. The number of carbonyl (C=O) groups is 1. The summed E-state index contributed by atoms with van der Waals surface area (Å²) in [7, 11) is 1.83. The number of rotatable bonds is 6. The van der Waals surface area contributed by atoms with Crippen molar-refractivity contribution in [2.75, 3.05) is 33.3 Å². The van der Waals surface area contributed by atoms with Crippen molar-refractivity contribution in [3.8, 4) is 0 Å². The molecule has 0 aliphatic carbocycles. The van der Waals surface area contributed by atoms with E-state index in [0.29, 0.717) is 18.4 Å². The molecule has 0 saturated carbocycles. The molecule has 2 rings (SSSR count). The first-order valence-electron chi connectivity index (χ1n) is 9.74. The molecule has 1 fully saturated rings. The lowest BCUT2D eigenvalue weighted by atomic mass is 9.88. The highest BCUT2D eigenvalue weighted by Crippen LogP contribution is 2.24. The predicted octanol–water partition coefficient (Wildman–Crippen LogP) is 3.28. The number of esters is 1. The van der Waals surface area contributed by atoms with Crippen molar-refractivity contribution >= 4 is 11.9 Å². The van der Waals surface area contributed by atoms with Gasteiger partial charge in [-0.15, -0.1) is 0 Å². The van der Waals surface area contributed by atoms with E-state index in [0.717, 1.165) is 38.4 Å². The summed E-state index contributed by atoms with van der Waals surface area (Å²) in [6.07, 6.45) is 1.65. The highest BCUT2D eigenvalue weighted by Gasteiger charge is 2.27. The fourth-order valence-corrected chi connectivity index (χ4v) is 3.56. The molecule has 0 spiro atoms. The van der Waals surface area contributed by atoms with Crippen LogP contribution in [0.2, 0.25) is 0 Å². The van der Waals surface area contributed by atoms with Gasteiger partial charge in [0.2, 0.25) is 0 Å². The van der Waals surface area contributed by atoms with Crippen LogP contribution in [0, 0.1) is 11.8 Å². The first-order chi connectivity index (χ1) is 12.6. The molecule has 26 heavy (non-hydrogen) atoms. The van der Waals surface area contributed by atoms with Crippen LogP contribution in [0.4, 0.5) is 0 Å². The highest BCUT2D eigenvalue weighted by molar-refractivity contribution is 5.80. The number of aliphatic imine (C=N–C) groups is 1. The summed E-state index contributed by atoms with van der Waals surface area (Å²) in [6.45, 7) is 9.35. The van der Waals surface area contributed by atoms with Crippen LogP contribution in [-0.4, -0.2) is 50.1 Å². The summed E-state index contributed by atoms with van der Waals surface area (Å²) < 4.78 is 5.15. The Morgan fingerprint density at radius 1 is 1.27 bits per heavy atom. The Hall–Kier alpha value is -2.04. The molecule has 0 amide bonds. The van der Waals surface area contributed by atoms with Gasteiger partial charge in [0.25, 0.3) is 0 Å². The number of nitrogens with zero attached hydrogens (tertiary/aromatic N) is 2.